The summed E-state index contributed by atoms with van der Waals surface area (Å²) in [7, 11) is 0. The van der Waals surface area contributed by atoms with Crippen LogP contribution in [0.15, 0.2) is 0 Å². The highest BCUT2D eigenvalue weighted by Crippen LogP contribution is 2.17. The van der Waals surface area contributed by atoms with Crippen molar-refractivity contribution in [3.05, 3.63) is 0 Å². The molecule has 20 heteroatoms. The molecule has 0 aromatic rings. The standard InChI is InChI=1S/C18H34N4O16/c23-11(19-15(27,28)29)9(12(24)20-16(30,31)32)7-5-3-1-2-4-6-8-10(13(25)21-17(33,34)35)14(26)22-18(36,37)38/h9-10,27-38H,1-8H2,(H,19,23)(H,20,24)(H,21,25)(H,22,26). The van der Waals surface area contributed by atoms with Gasteiger partial charge in [0, 0.05) is 0 Å². The largest absolute Gasteiger partial charge is 0.369 e. The van der Waals surface area contributed by atoms with Crippen LogP contribution >= 0.6 is 0 Å². The molecule has 0 atom stereocenters. The summed E-state index contributed by atoms with van der Waals surface area (Å²) in [6, 6.07) is 0. The van der Waals surface area contributed by atoms with Crippen molar-refractivity contribution in [1.29, 1.82) is 0 Å². The Labute approximate surface area is 213 Å². The van der Waals surface area contributed by atoms with E-state index in [1.54, 1.807) is 0 Å². The van der Waals surface area contributed by atoms with E-state index in [1.807, 2.05) is 0 Å². The first-order valence-electron chi connectivity index (χ1n) is 11.0. The zero-order valence-electron chi connectivity index (χ0n) is 19.8. The zero-order chi connectivity index (χ0) is 29.9. The third kappa shape index (κ3) is 17.8. The first kappa shape index (κ1) is 35.4. The molecule has 0 aliphatic rings. The number of rotatable bonds is 17. The van der Waals surface area contributed by atoms with Crippen molar-refractivity contribution in [2.45, 2.75) is 75.8 Å². The molecule has 4 amide bonds. The third-order valence-corrected chi connectivity index (χ3v) is 4.67. The number of hydrogen-bond donors (Lipinski definition) is 16. The second-order valence-corrected chi connectivity index (χ2v) is 8.30. The van der Waals surface area contributed by atoms with Crippen LogP contribution in [0.5, 0.6) is 0 Å². The highest BCUT2D eigenvalue weighted by Gasteiger charge is 2.36. The van der Waals surface area contributed by atoms with Gasteiger partial charge in [0.25, 0.3) is 0 Å². The number of hydrogen-bond acceptors (Lipinski definition) is 16. The summed E-state index contributed by atoms with van der Waals surface area (Å²) < 4.78 is 0. The van der Waals surface area contributed by atoms with Gasteiger partial charge in [-0.1, -0.05) is 38.5 Å². The lowest BCUT2D eigenvalue weighted by molar-refractivity contribution is -0.329. The van der Waals surface area contributed by atoms with Crippen molar-refractivity contribution in [3.8, 4) is 0 Å². The van der Waals surface area contributed by atoms with Gasteiger partial charge in [0.1, 0.15) is 11.8 Å². The van der Waals surface area contributed by atoms with E-state index in [-0.39, 0.29) is 25.7 Å². The van der Waals surface area contributed by atoms with Gasteiger partial charge in [-0.3, -0.25) is 40.4 Å². The molecule has 0 unspecified atom stereocenters. The molecule has 0 saturated carbocycles. The first-order valence-corrected chi connectivity index (χ1v) is 11.0. The Bertz CT molecular complexity index is 674. The molecular weight excluding hydrogens is 528 g/mol. The van der Waals surface area contributed by atoms with Gasteiger partial charge in [-0.25, -0.2) is 0 Å². The maximum absolute atomic E-state index is 12.0. The van der Waals surface area contributed by atoms with Gasteiger partial charge in [-0.05, 0) is 12.8 Å². The first-order chi connectivity index (χ1) is 17.0. The van der Waals surface area contributed by atoms with E-state index in [9.17, 15) is 19.2 Å². The third-order valence-electron chi connectivity index (χ3n) is 4.67. The van der Waals surface area contributed by atoms with Crippen LogP contribution in [0.1, 0.15) is 51.4 Å². The van der Waals surface area contributed by atoms with Gasteiger partial charge in [0.2, 0.25) is 23.6 Å². The van der Waals surface area contributed by atoms with E-state index in [0.29, 0.717) is 25.7 Å². The number of carbonyl (C=O) groups excluding carboxylic acids is 4. The Morgan fingerprint density at radius 1 is 0.395 bits per heavy atom. The van der Waals surface area contributed by atoms with Crippen LogP contribution in [-0.4, -0.2) is 109 Å². The van der Waals surface area contributed by atoms with Gasteiger partial charge in [-0.15, -0.1) is 0 Å². The second-order valence-electron chi connectivity index (χ2n) is 8.30. The van der Waals surface area contributed by atoms with Gasteiger partial charge >= 0.3 is 24.4 Å². The van der Waals surface area contributed by atoms with E-state index in [4.69, 9.17) is 61.3 Å². The molecule has 0 fully saturated rings. The van der Waals surface area contributed by atoms with Gasteiger partial charge < -0.3 is 61.3 Å². The summed E-state index contributed by atoms with van der Waals surface area (Å²) in [5, 5.41) is 111. The van der Waals surface area contributed by atoms with Crippen LogP contribution in [0, 0.1) is 11.8 Å². The van der Waals surface area contributed by atoms with Crippen molar-refractivity contribution < 1.29 is 80.5 Å². The lowest BCUT2D eigenvalue weighted by Crippen LogP contribution is -2.56. The lowest BCUT2D eigenvalue weighted by Gasteiger charge is -2.23. The van der Waals surface area contributed by atoms with E-state index in [2.05, 4.69) is 0 Å². The van der Waals surface area contributed by atoms with Gasteiger partial charge in [0.15, 0.2) is 0 Å². The monoisotopic (exact) mass is 562 g/mol. The molecule has 0 saturated heterocycles. The van der Waals surface area contributed by atoms with Gasteiger partial charge in [-0.2, -0.15) is 0 Å². The van der Waals surface area contributed by atoms with E-state index in [1.165, 1.54) is 21.3 Å². The number of carbonyl (C=O) groups is 4. The van der Waals surface area contributed by atoms with Crippen LogP contribution in [0.4, 0.5) is 0 Å². The fraction of sp³-hybridized carbons (Fsp3) is 0.778. The topological polar surface area (TPSA) is 359 Å². The zero-order valence-corrected chi connectivity index (χ0v) is 19.8. The fourth-order valence-corrected chi connectivity index (χ4v) is 3.18. The normalized spacial score (nSPS) is 12.9. The Hall–Kier alpha value is -2.60. The quantitative estimate of drug-likeness (QED) is 0.0444. The Kier molecular flexibility index (Phi) is 13.5. The molecule has 38 heavy (non-hydrogen) atoms. The summed E-state index contributed by atoms with van der Waals surface area (Å²) in [5.41, 5.74) is 0. The molecule has 0 spiro atoms. The predicted octanol–water partition coefficient (Wildman–Crippen LogP) is -7.84. The fourth-order valence-electron chi connectivity index (χ4n) is 3.18. The molecule has 0 rings (SSSR count). The van der Waals surface area contributed by atoms with Crippen LogP contribution in [-0.2, 0) is 19.2 Å². The van der Waals surface area contributed by atoms with Crippen LogP contribution < -0.4 is 21.3 Å². The van der Waals surface area contributed by atoms with Crippen molar-refractivity contribution in [1.82, 2.24) is 21.3 Å². The number of nitrogens with one attached hydrogen (secondary N) is 4. The minimum Gasteiger partial charge on any atom is -0.325 e. The molecule has 0 bridgehead atoms. The smallest absolute Gasteiger partial charge is 0.325 e. The molecule has 0 heterocycles. The summed E-state index contributed by atoms with van der Waals surface area (Å²) in [6.45, 7) is 0. The van der Waals surface area contributed by atoms with E-state index < -0.39 is 59.9 Å². The summed E-state index contributed by atoms with van der Waals surface area (Å²) in [5.74, 6) is -9.26. The van der Waals surface area contributed by atoms with Crippen LogP contribution in [0.25, 0.3) is 0 Å². The predicted molar refractivity (Wildman–Crippen MR) is 114 cm³/mol. The van der Waals surface area contributed by atoms with Crippen molar-refractivity contribution in [2.75, 3.05) is 0 Å². The molecule has 16 N–H and O–H groups in total. The number of aliphatic hydroxyl groups is 12. The van der Waals surface area contributed by atoms with Crippen molar-refractivity contribution >= 4 is 23.6 Å². The number of unbranched alkanes of at least 4 members (excludes halogenated alkanes) is 5. The number of amides is 4. The average molecular weight is 562 g/mol. The summed E-state index contributed by atoms with van der Waals surface area (Å²) in [4.78, 5) is 47.9. The van der Waals surface area contributed by atoms with E-state index in [0.717, 1.165) is 0 Å². The minimum atomic E-state index is -3.67. The maximum Gasteiger partial charge on any atom is 0.369 e. The Balaban J connectivity index is 4.77. The van der Waals surface area contributed by atoms with Crippen molar-refractivity contribution in [2.24, 2.45) is 11.8 Å². The van der Waals surface area contributed by atoms with Crippen molar-refractivity contribution in [3.63, 3.8) is 0 Å². The molecule has 20 nitrogen and oxygen atoms in total. The van der Waals surface area contributed by atoms with Crippen LogP contribution in [0.3, 0.4) is 0 Å². The molecule has 0 aromatic carbocycles. The molecule has 0 aliphatic carbocycles. The summed E-state index contributed by atoms with van der Waals surface area (Å²) >= 11 is 0. The Morgan fingerprint density at radius 3 is 0.763 bits per heavy atom. The maximum atomic E-state index is 12.0. The highest BCUT2D eigenvalue weighted by molar-refractivity contribution is 6.01. The minimum absolute atomic E-state index is 0.126. The van der Waals surface area contributed by atoms with E-state index >= 15 is 0 Å². The molecule has 0 aliphatic heterocycles. The molecule has 222 valence electrons. The molecular formula is C18H34N4O16. The summed E-state index contributed by atoms with van der Waals surface area (Å²) in [6.07, 6.45) is -13.5. The lowest BCUT2D eigenvalue weighted by atomic mass is 9.96. The second kappa shape index (κ2) is 14.5. The SMILES string of the molecule is O=C(NC(O)(O)O)C(CCCCCCCCC(C(=O)NC(O)(O)O)C(=O)NC(O)(O)O)C(=O)NC(O)(O)O. The average Bonchev–Trinajstić information content (AvgIpc) is 2.63. The Morgan fingerprint density at radius 2 is 0.579 bits per heavy atom. The van der Waals surface area contributed by atoms with Crippen LogP contribution in [0.2, 0.25) is 0 Å². The molecule has 0 aromatic heterocycles. The highest BCUT2D eigenvalue weighted by atomic mass is 16.7. The van der Waals surface area contributed by atoms with Gasteiger partial charge in [0.05, 0.1) is 0 Å². The molecule has 0 radical (unpaired) electrons.